The minimum absolute atomic E-state index is 0.0257. The number of carbonyl (C=O) groups is 1. The first-order valence-electron chi connectivity index (χ1n) is 7.70. The zero-order chi connectivity index (χ0) is 16.0. The fourth-order valence-corrected chi connectivity index (χ4v) is 5.09. The molecule has 2 heterocycles. The first-order valence-corrected chi connectivity index (χ1v) is 9.52. The van der Waals surface area contributed by atoms with Crippen LogP contribution in [0.25, 0.3) is 11.3 Å². The van der Waals surface area contributed by atoms with Crippen LogP contribution in [0.4, 0.5) is 0 Å². The molecule has 0 radical (unpaired) electrons. The Hall–Kier alpha value is -2.15. The van der Waals surface area contributed by atoms with Crippen molar-refractivity contribution in [2.75, 3.05) is 11.5 Å². The SMILES string of the molecule is O=C(N[C@H]1CCS(=O)(=O)C1)c1[nH]nc2c1CCc1ccccc1-2. The number of fused-ring (bicyclic) bond motifs is 3. The van der Waals surface area contributed by atoms with E-state index in [1.54, 1.807) is 0 Å². The highest BCUT2D eigenvalue weighted by Crippen LogP contribution is 2.33. The summed E-state index contributed by atoms with van der Waals surface area (Å²) in [5.74, 6) is -0.0927. The van der Waals surface area contributed by atoms with Gasteiger partial charge in [0.25, 0.3) is 5.91 Å². The number of aromatic nitrogens is 2. The molecule has 0 spiro atoms. The molecular formula is C16H17N3O3S. The molecule has 1 aliphatic heterocycles. The van der Waals surface area contributed by atoms with Gasteiger partial charge in [-0.25, -0.2) is 8.42 Å². The van der Waals surface area contributed by atoms with Crippen molar-refractivity contribution in [3.63, 3.8) is 0 Å². The summed E-state index contributed by atoms with van der Waals surface area (Å²) >= 11 is 0. The van der Waals surface area contributed by atoms with Crippen molar-refractivity contribution < 1.29 is 13.2 Å². The highest BCUT2D eigenvalue weighted by Gasteiger charge is 2.31. The van der Waals surface area contributed by atoms with Gasteiger partial charge in [-0.3, -0.25) is 9.89 Å². The monoisotopic (exact) mass is 331 g/mol. The van der Waals surface area contributed by atoms with Crippen molar-refractivity contribution >= 4 is 15.7 Å². The second-order valence-electron chi connectivity index (χ2n) is 6.16. The molecule has 120 valence electrons. The molecule has 1 saturated heterocycles. The van der Waals surface area contributed by atoms with Crippen LogP contribution in [0.3, 0.4) is 0 Å². The molecule has 1 aromatic carbocycles. The quantitative estimate of drug-likeness (QED) is 0.862. The van der Waals surface area contributed by atoms with Gasteiger partial charge < -0.3 is 5.32 Å². The number of sulfone groups is 1. The molecular weight excluding hydrogens is 314 g/mol. The molecule has 2 N–H and O–H groups in total. The van der Waals surface area contributed by atoms with Crippen LogP contribution >= 0.6 is 0 Å². The summed E-state index contributed by atoms with van der Waals surface area (Å²) in [6.07, 6.45) is 2.11. The van der Waals surface area contributed by atoms with Crippen molar-refractivity contribution in [3.8, 4) is 11.3 Å². The maximum absolute atomic E-state index is 12.5. The summed E-state index contributed by atoms with van der Waals surface area (Å²) in [7, 11) is -3.01. The molecule has 1 aromatic heterocycles. The number of H-pyrrole nitrogens is 1. The fourth-order valence-electron chi connectivity index (χ4n) is 3.41. The van der Waals surface area contributed by atoms with Gasteiger partial charge in [-0.1, -0.05) is 24.3 Å². The first-order chi connectivity index (χ1) is 11.0. The van der Waals surface area contributed by atoms with Gasteiger partial charge in [0.15, 0.2) is 9.84 Å². The van der Waals surface area contributed by atoms with Gasteiger partial charge in [0.2, 0.25) is 0 Å². The molecule has 2 aromatic rings. The smallest absolute Gasteiger partial charge is 0.269 e. The van der Waals surface area contributed by atoms with Crippen LogP contribution in [0.5, 0.6) is 0 Å². The van der Waals surface area contributed by atoms with E-state index in [0.29, 0.717) is 12.1 Å². The summed E-state index contributed by atoms with van der Waals surface area (Å²) in [6, 6.07) is 7.76. The molecule has 0 unspecified atom stereocenters. The average Bonchev–Trinajstić information content (AvgIpc) is 3.10. The lowest BCUT2D eigenvalue weighted by Gasteiger charge is -2.16. The van der Waals surface area contributed by atoms with Crippen LogP contribution < -0.4 is 5.32 Å². The number of benzene rings is 1. The number of hydrogen-bond donors (Lipinski definition) is 2. The van der Waals surface area contributed by atoms with E-state index >= 15 is 0 Å². The van der Waals surface area contributed by atoms with Gasteiger partial charge >= 0.3 is 0 Å². The summed E-state index contributed by atoms with van der Waals surface area (Å²) in [5.41, 5.74) is 4.50. The number of nitrogens with one attached hydrogen (secondary N) is 2. The molecule has 4 rings (SSSR count). The number of rotatable bonds is 2. The minimum atomic E-state index is -3.01. The third-order valence-electron chi connectivity index (χ3n) is 4.58. The third-order valence-corrected chi connectivity index (χ3v) is 6.35. The van der Waals surface area contributed by atoms with Crippen molar-refractivity contribution in [1.29, 1.82) is 0 Å². The Labute approximate surface area is 134 Å². The second-order valence-corrected chi connectivity index (χ2v) is 8.39. The Morgan fingerprint density at radius 3 is 2.87 bits per heavy atom. The Bertz CT molecular complexity index is 886. The van der Waals surface area contributed by atoms with E-state index in [-0.39, 0.29) is 23.5 Å². The van der Waals surface area contributed by atoms with Crippen molar-refractivity contribution in [2.45, 2.75) is 25.3 Å². The topological polar surface area (TPSA) is 91.9 Å². The minimum Gasteiger partial charge on any atom is -0.347 e. The standard InChI is InChI=1S/C16H17N3O3S/c20-16(17-11-7-8-23(21,22)9-11)15-13-6-5-10-3-1-2-4-12(10)14(13)18-19-15/h1-4,11H,5-9H2,(H,17,20)(H,18,19)/t11-/m0/s1. The number of hydrogen-bond acceptors (Lipinski definition) is 4. The van der Waals surface area contributed by atoms with E-state index in [0.717, 1.165) is 29.7 Å². The van der Waals surface area contributed by atoms with Crippen LogP contribution in [-0.4, -0.2) is 42.1 Å². The maximum Gasteiger partial charge on any atom is 0.269 e. The summed E-state index contributed by atoms with van der Waals surface area (Å²) < 4.78 is 23.0. The van der Waals surface area contributed by atoms with E-state index in [1.807, 2.05) is 18.2 Å². The molecule has 0 saturated carbocycles. The fraction of sp³-hybridized carbons (Fsp3) is 0.375. The maximum atomic E-state index is 12.5. The van der Waals surface area contributed by atoms with Gasteiger partial charge in [-0.05, 0) is 24.8 Å². The Kier molecular flexibility index (Phi) is 3.26. The van der Waals surface area contributed by atoms with Gasteiger partial charge in [-0.2, -0.15) is 5.10 Å². The van der Waals surface area contributed by atoms with Crippen LogP contribution in [0.2, 0.25) is 0 Å². The third kappa shape index (κ3) is 2.55. The second kappa shape index (κ2) is 5.19. The Balaban J connectivity index is 1.60. The van der Waals surface area contributed by atoms with Crippen molar-refractivity contribution in [2.24, 2.45) is 0 Å². The molecule has 0 bridgehead atoms. The highest BCUT2D eigenvalue weighted by atomic mass is 32.2. The van der Waals surface area contributed by atoms with E-state index in [2.05, 4.69) is 21.6 Å². The number of aromatic amines is 1. The van der Waals surface area contributed by atoms with Gasteiger partial charge in [0, 0.05) is 17.2 Å². The summed E-state index contributed by atoms with van der Waals surface area (Å²) in [5, 5.41) is 9.98. The van der Waals surface area contributed by atoms with Crippen LogP contribution in [0.15, 0.2) is 24.3 Å². The number of amides is 1. The largest absolute Gasteiger partial charge is 0.347 e. The van der Waals surface area contributed by atoms with Gasteiger partial charge in [-0.15, -0.1) is 0 Å². The molecule has 23 heavy (non-hydrogen) atoms. The van der Waals surface area contributed by atoms with Gasteiger partial charge in [0.1, 0.15) is 5.69 Å². The van der Waals surface area contributed by atoms with E-state index in [1.165, 1.54) is 5.56 Å². The predicted molar refractivity (Wildman–Crippen MR) is 86.0 cm³/mol. The number of carbonyl (C=O) groups excluding carboxylic acids is 1. The number of nitrogens with zero attached hydrogens (tertiary/aromatic N) is 1. The lowest BCUT2D eigenvalue weighted by atomic mass is 9.89. The Morgan fingerprint density at radius 2 is 2.09 bits per heavy atom. The van der Waals surface area contributed by atoms with Gasteiger partial charge in [0.05, 0.1) is 17.2 Å². The molecule has 2 aliphatic rings. The van der Waals surface area contributed by atoms with Crippen LogP contribution in [0, 0.1) is 0 Å². The molecule has 1 atom stereocenters. The van der Waals surface area contributed by atoms with Crippen LogP contribution in [-0.2, 0) is 22.7 Å². The normalized spacial score (nSPS) is 21.5. The van der Waals surface area contributed by atoms with Crippen LogP contribution in [0.1, 0.15) is 28.0 Å². The lowest BCUT2D eigenvalue weighted by molar-refractivity contribution is 0.0935. The summed E-state index contributed by atoms with van der Waals surface area (Å²) in [4.78, 5) is 12.5. The number of aryl methyl sites for hydroxylation is 1. The van der Waals surface area contributed by atoms with E-state index < -0.39 is 9.84 Å². The lowest BCUT2D eigenvalue weighted by Crippen LogP contribution is -2.36. The van der Waals surface area contributed by atoms with Crippen molar-refractivity contribution in [1.82, 2.24) is 15.5 Å². The molecule has 1 fully saturated rings. The molecule has 1 aliphatic carbocycles. The van der Waals surface area contributed by atoms with E-state index in [9.17, 15) is 13.2 Å². The highest BCUT2D eigenvalue weighted by molar-refractivity contribution is 7.91. The summed E-state index contributed by atoms with van der Waals surface area (Å²) in [6.45, 7) is 0. The predicted octanol–water partition coefficient (Wildman–Crippen LogP) is 1.09. The average molecular weight is 331 g/mol. The molecule has 7 heteroatoms. The zero-order valence-electron chi connectivity index (χ0n) is 12.5. The molecule has 6 nitrogen and oxygen atoms in total. The first kappa shape index (κ1) is 14.4. The molecule has 1 amide bonds. The van der Waals surface area contributed by atoms with Crippen molar-refractivity contribution in [3.05, 3.63) is 41.1 Å². The Morgan fingerprint density at radius 1 is 1.26 bits per heavy atom. The zero-order valence-corrected chi connectivity index (χ0v) is 13.3. The van der Waals surface area contributed by atoms with E-state index in [4.69, 9.17) is 0 Å².